The Balaban J connectivity index is 1.82. The number of amides is 1. The van der Waals surface area contributed by atoms with E-state index < -0.39 is 0 Å². The summed E-state index contributed by atoms with van der Waals surface area (Å²) in [7, 11) is 0. The number of fused-ring (bicyclic) bond motifs is 1. The highest BCUT2D eigenvalue weighted by atomic mass is 79.9. The van der Waals surface area contributed by atoms with Gasteiger partial charge in [0, 0.05) is 23.2 Å². The fraction of sp³-hybridized carbons (Fsp3) is 0.533. The van der Waals surface area contributed by atoms with Crippen molar-refractivity contribution in [3.05, 3.63) is 16.6 Å². The summed E-state index contributed by atoms with van der Waals surface area (Å²) in [6.45, 7) is 4.77. The second kappa shape index (κ2) is 5.85. The quantitative estimate of drug-likeness (QED) is 0.875. The molecule has 2 aliphatic heterocycles. The number of rotatable bonds is 3. The molecule has 0 aliphatic carbocycles. The van der Waals surface area contributed by atoms with E-state index in [-0.39, 0.29) is 11.3 Å². The second-order valence-corrected chi connectivity index (χ2v) is 6.34. The highest BCUT2D eigenvalue weighted by Crippen LogP contribution is 2.39. The molecule has 0 saturated carbocycles. The van der Waals surface area contributed by atoms with Gasteiger partial charge >= 0.3 is 0 Å². The lowest BCUT2D eigenvalue weighted by molar-refractivity contribution is -0.124. The summed E-state index contributed by atoms with van der Waals surface area (Å²) in [5.41, 5.74) is 0.413. The Hall–Kier alpha value is -1.27. The molecule has 1 aromatic rings. The van der Waals surface area contributed by atoms with E-state index in [4.69, 9.17) is 9.47 Å². The molecule has 0 bridgehead atoms. The van der Waals surface area contributed by atoms with Crippen molar-refractivity contribution in [2.24, 2.45) is 5.41 Å². The molecule has 2 heterocycles. The normalized spacial score (nSPS) is 23.9. The Labute approximate surface area is 132 Å². The maximum atomic E-state index is 12.6. The zero-order valence-electron chi connectivity index (χ0n) is 12.0. The van der Waals surface area contributed by atoms with Crippen LogP contribution < -0.4 is 20.1 Å². The van der Waals surface area contributed by atoms with Gasteiger partial charge in [-0.1, -0.05) is 6.92 Å². The monoisotopic (exact) mass is 354 g/mol. The van der Waals surface area contributed by atoms with Crippen LogP contribution >= 0.6 is 15.9 Å². The van der Waals surface area contributed by atoms with Crippen molar-refractivity contribution in [2.45, 2.75) is 19.8 Å². The molecular weight excluding hydrogens is 336 g/mol. The van der Waals surface area contributed by atoms with Crippen molar-refractivity contribution in [3.8, 4) is 11.5 Å². The van der Waals surface area contributed by atoms with Crippen molar-refractivity contribution in [2.75, 3.05) is 31.6 Å². The molecule has 2 aliphatic rings. The van der Waals surface area contributed by atoms with Gasteiger partial charge in [0.05, 0.1) is 11.1 Å². The topological polar surface area (TPSA) is 59.6 Å². The van der Waals surface area contributed by atoms with Gasteiger partial charge in [0.2, 0.25) is 5.91 Å². The van der Waals surface area contributed by atoms with Crippen LogP contribution in [0.3, 0.4) is 0 Å². The van der Waals surface area contributed by atoms with Crippen molar-refractivity contribution in [3.63, 3.8) is 0 Å². The summed E-state index contributed by atoms with van der Waals surface area (Å²) in [4.78, 5) is 12.6. The first-order chi connectivity index (χ1) is 10.1. The lowest BCUT2D eigenvalue weighted by atomic mass is 9.83. The number of anilines is 1. The molecule has 5 nitrogen and oxygen atoms in total. The van der Waals surface area contributed by atoms with E-state index in [0.717, 1.165) is 36.1 Å². The van der Waals surface area contributed by atoms with E-state index in [1.807, 2.05) is 12.1 Å². The largest absolute Gasteiger partial charge is 0.486 e. The maximum Gasteiger partial charge on any atom is 0.231 e. The van der Waals surface area contributed by atoms with Crippen molar-refractivity contribution in [1.29, 1.82) is 0 Å². The van der Waals surface area contributed by atoms with Crippen LogP contribution in [-0.4, -0.2) is 32.2 Å². The van der Waals surface area contributed by atoms with E-state index in [2.05, 4.69) is 33.5 Å². The van der Waals surface area contributed by atoms with Gasteiger partial charge < -0.3 is 20.1 Å². The molecule has 0 spiro atoms. The van der Waals surface area contributed by atoms with Crippen LogP contribution in [0, 0.1) is 5.41 Å². The maximum absolute atomic E-state index is 12.6. The molecule has 3 rings (SSSR count). The molecule has 6 heteroatoms. The first-order valence-electron chi connectivity index (χ1n) is 7.26. The molecule has 1 amide bonds. The summed E-state index contributed by atoms with van der Waals surface area (Å²) in [6, 6.07) is 3.66. The second-order valence-electron chi connectivity index (χ2n) is 5.49. The van der Waals surface area contributed by atoms with E-state index in [1.54, 1.807) is 0 Å². The molecule has 1 fully saturated rings. The summed E-state index contributed by atoms with van der Waals surface area (Å²) >= 11 is 3.49. The Kier molecular flexibility index (Phi) is 4.08. The van der Waals surface area contributed by atoms with Crippen LogP contribution in [0.4, 0.5) is 5.69 Å². The number of ether oxygens (including phenoxy) is 2. The highest BCUT2D eigenvalue weighted by Gasteiger charge is 2.39. The first kappa shape index (κ1) is 14.7. The third kappa shape index (κ3) is 2.74. The fourth-order valence-electron chi connectivity index (χ4n) is 2.81. The molecule has 0 aromatic heterocycles. The van der Waals surface area contributed by atoms with Gasteiger partial charge in [0.15, 0.2) is 11.5 Å². The highest BCUT2D eigenvalue weighted by molar-refractivity contribution is 9.10. The van der Waals surface area contributed by atoms with Crippen molar-refractivity contribution >= 4 is 27.5 Å². The SMILES string of the molecule is CCC1(C(=O)Nc2cc3c(cc2Br)OCCO3)CCNC1. The number of carbonyl (C=O) groups is 1. The number of nitrogens with one attached hydrogen (secondary N) is 2. The zero-order valence-corrected chi connectivity index (χ0v) is 13.6. The summed E-state index contributed by atoms with van der Waals surface area (Å²) < 4.78 is 11.9. The van der Waals surface area contributed by atoms with E-state index in [9.17, 15) is 4.79 Å². The number of halogens is 1. The minimum absolute atomic E-state index is 0.0624. The van der Waals surface area contributed by atoms with Crippen molar-refractivity contribution in [1.82, 2.24) is 5.32 Å². The zero-order chi connectivity index (χ0) is 14.9. The van der Waals surface area contributed by atoms with Gasteiger partial charge in [-0.3, -0.25) is 4.79 Å². The van der Waals surface area contributed by atoms with Crippen LogP contribution in [0.5, 0.6) is 11.5 Å². The van der Waals surface area contributed by atoms with Crippen molar-refractivity contribution < 1.29 is 14.3 Å². The molecule has 1 aromatic carbocycles. The van der Waals surface area contributed by atoms with Gasteiger partial charge in [-0.05, 0) is 35.3 Å². The molecule has 1 unspecified atom stereocenters. The number of benzene rings is 1. The van der Waals surface area contributed by atoms with E-state index in [0.29, 0.717) is 24.7 Å². The smallest absolute Gasteiger partial charge is 0.231 e. The van der Waals surface area contributed by atoms with Crippen LogP contribution in [0.1, 0.15) is 19.8 Å². The standard InChI is InChI=1S/C15H19BrN2O3/c1-2-15(3-4-17-9-15)14(19)18-11-8-13-12(7-10(11)16)20-5-6-21-13/h7-8,17H,2-6,9H2,1H3,(H,18,19). The lowest BCUT2D eigenvalue weighted by Gasteiger charge is -2.26. The first-order valence-corrected chi connectivity index (χ1v) is 8.05. The molecule has 0 radical (unpaired) electrons. The minimum atomic E-state index is -0.313. The number of carbonyl (C=O) groups excluding carboxylic acids is 1. The van der Waals surface area contributed by atoms with Crippen LogP contribution in [-0.2, 0) is 4.79 Å². The summed E-state index contributed by atoms with van der Waals surface area (Å²) in [6.07, 6.45) is 1.70. The number of hydrogen-bond donors (Lipinski definition) is 2. The van der Waals surface area contributed by atoms with E-state index >= 15 is 0 Å². The molecule has 114 valence electrons. The third-order valence-corrected chi connectivity index (χ3v) is 4.94. The average Bonchev–Trinajstić information content (AvgIpc) is 2.98. The van der Waals surface area contributed by atoms with Crippen LogP contribution in [0.25, 0.3) is 0 Å². The van der Waals surface area contributed by atoms with Gasteiger partial charge in [0.1, 0.15) is 13.2 Å². The Morgan fingerprint density at radius 1 is 1.38 bits per heavy atom. The predicted octanol–water partition coefficient (Wildman–Crippen LogP) is 2.55. The fourth-order valence-corrected chi connectivity index (χ4v) is 3.24. The van der Waals surface area contributed by atoms with E-state index in [1.165, 1.54) is 0 Å². The summed E-state index contributed by atoms with van der Waals surface area (Å²) in [5.74, 6) is 1.45. The lowest BCUT2D eigenvalue weighted by Crippen LogP contribution is -2.37. The molecule has 2 N–H and O–H groups in total. The van der Waals surface area contributed by atoms with Gasteiger partial charge in [-0.25, -0.2) is 0 Å². The Bertz CT molecular complexity index is 556. The van der Waals surface area contributed by atoms with Gasteiger partial charge in [0.25, 0.3) is 0 Å². The van der Waals surface area contributed by atoms with Gasteiger partial charge in [-0.2, -0.15) is 0 Å². The third-order valence-electron chi connectivity index (χ3n) is 4.28. The Morgan fingerprint density at radius 2 is 2.10 bits per heavy atom. The molecule has 1 saturated heterocycles. The minimum Gasteiger partial charge on any atom is -0.486 e. The van der Waals surface area contributed by atoms with Gasteiger partial charge in [-0.15, -0.1) is 0 Å². The predicted molar refractivity (Wildman–Crippen MR) is 84.0 cm³/mol. The molecular formula is C15H19BrN2O3. The van der Waals surface area contributed by atoms with Crippen LogP contribution in [0.15, 0.2) is 16.6 Å². The molecule has 1 atom stereocenters. The van der Waals surface area contributed by atoms with Crippen LogP contribution in [0.2, 0.25) is 0 Å². The Morgan fingerprint density at radius 3 is 2.71 bits per heavy atom. The summed E-state index contributed by atoms with van der Waals surface area (Å²) in [5, 5.41) is 6.31. The number of hydrogen-bond acceptors (Lipinski definition) is 4. The molecule has 21 heavy (non-hydrogen) atoms. The average molecular weight is 355 g/mol.